The van der Waals surface area contributed by atoms with E-state index in [0.717, 1.165) is 18.2 Å². The van der Waals surface area contributed by atoms with E-state index in [2.05, 4.69) is 20.4 Å². The number of non-ortho nitro benzene ring substituents is 1. The van der Waals surface area contributed by atoms with Gasteiger partial charge in [0.2, 0.25) is 5.91 Å². The number of carbonyl (C=O) groups excluding carboxylic acids is 1. The first-order chi connectivity index (χ1) is 13.0. The Balaban J connectivity index is 1.55. The number of thiazole rings is 1. The number of morpholine rings is 1. The molecular weight excluding hydrogens is 394 g/mol. The van der Waals surface area contributed by atoms with E-state index in [1.807, 2.05) is 5.38 Å². The highest BCUT2D eigenvalue weighted by Gasteiger charge is 2.15. The number of hydrogen-bond acceptors (Lipinski definition) is 8. The number of ether oxygens (including phenoxy) is 1. The summed E-state index contributed by atoms with van der Waals surface area (Å²) in [4.78, 5) is 28.9. The number of amides is 1. The summed E-state index contributed by atoms with van der Waals surface area (Å²) < 4.78 is 5.31. The second-order valence-corrected chi connectivity index (χ2v) is 6.90. The fraction of sp³-hybridized carbons (Fsp3) is 0.312. The number of anilines is 1. The number of carbonyl (C=O) groups is 1. The van der Waals surface area contributed by atoms with E-state index >= 15 is 0 Å². The van der Waals surface area contributed by atoms with Crippen molar-refractivity contribution >= 4 is 45.9 Å². The van der Waals surface area contributed by atoms with Gasteiger partial charge in [-0.2, -0.15) is 5.10 Å². The van der Waals surface area contributed by atoms with E-state index < -0.39 is 4.92 Å². The maximum Gasteiger partial charge on any atom is 0.270 e. The number of rotatable bonds is 6. The van der Waals surface area contributed by atoms with Crippen LogP contribution in [-0.4, -0.2) is 48.3 Å². The highest BCUT2D eigenvalue weighted by molar-refractivity contribution is 7.13. The number of nitrogens with one attached hydrogen (secondary N) is 1. The molecule has 0 atom stereocenters. The molecule has 1 saturated heterocycles. The van der Waals surface area contributed by atoms with Crippen LogP contribution in [-0.2, 0) is 16.0 Å². The summed E-state index contributed by atoms with van der Waals surface area (Å²) in [6.07, 6.45) is 1.36. The minimum absolute atomic E-state index is 0.0842. The number of hydrazone groups is 1. The van der Waals surface area contributed by atoms with E-state index in [-0.39, 0.29) is 18.0 Å². The highest BCUT2D eigenvalue weighted by Crippen LogP contribution is 2.22. The summed E-state index contributed by atoms with van der Waals surface area (Å²) in [6.45, 7) is 2.91. The molecule has 1 N–H and O–H groups in total. The lowest BCUT2D eigenvalue weighted by Crippen LogP contribution is -2.36. The summed E-state index contributed by atoms with van der Waals surface area (Å²) in [5, 5.41) is 17.6. The summed E-state index contributed by atoms with van der Waals surface area (Å²) in [6, 6.07) is 3.99. The van der Waals surface area contributed by atoms with E-state index in [9.17, 15) is 14.9 Å². The number of hydrogen-bond donors (Lipinski definition) is 1. The highest BCUT2D eigenvalue weighted by atomic mass is 35.5. The lowest BCUT2D eigenvalue weighted by Gasteiger charge is -2.26. The summed E-state index contributed by atoms with van der Waals surface area (Å²) in [5.74, 6) is -0.341. The van der Waals surface area contributed by atoms with Gasteiger partial charge in [-0.3, -0.25) is 14.9 Å². The first-order valence-electron chi connectivity index (χ1n) is 8.06. The van der Waals surface area contributed by atoms with Gasteiger partial charge in [-0.15, -0.1) is 11.3 Å². The molecule has 0 unspecified atom stereocenters. The Bertz CT molecular complexity index is 866. The normalized spacial score (nSPS) is 14.5. The number of nitro groups is 1. The van der Waals surface area contributed by atoms with Crippen molar-refractivity contribution in [2.24, 2.45) is 5.10 Å². The van der Waals surface area contributed by atoms with Gasteiger partial charge in [-0.05, 0) is 6.07 Å². The lowest BCUT2D eigenvalue weighted by atomic mass is 10.2. The molecule has 0 radical (unpaired) electrons. The molecule has 0 bridgehead atoms. The number of nitrogens with zero attached hydrogens (tertiary/aromatic N) is 4. The molecule has 1 fully saturated rings. The Morgan fingerprint density at radius 1 is 1.48 bits per heavy atom. The SMILES string of the molecule is O=C(Cc1csc(N2CCOCC2)n1)N/N=C\c1cc([N+](=O)[O-])ccc1Cl. The topological polar surface area (TPSA) is 110 Å². The van der Waals surface area contributed by atoms with Crippen LogP contribution in [0.3, 0.4) is 0 Å². The number of halogens is 1. The van der Waals surface area contributed by atoms with Crippen LogP contribution in [0.2, 0.25) is 5.02 Å². The van der Waals surface area contributed by atoms with Gasteiger partial charge in [0.15, 0.2) is 5.13 Å². The standard InChI is InChI=1S/C16H16ClN5O4S/c17-14-2-1-13(22(24)25)7-11(14)9-18-20-15(23)8-12-10-27-16(19-12)21-3-5-26-6-4-21/h1-2,7,9-10H,3-6,8H2,(H,20,23)/b18-9-. The Hall–Kier alpha value is -2.56. The molecule has 11 heteroatoms. The van der Waals surface area contributed by atoms with Crippen LogP contribution in [0, 0.1) is 10.1 Å². The number of nitro benzene ring substituents is 1. The predicted octanol–water partition coefficient (Wildman–Crippen LogP) is 2.23. The van der Waals surface area contributed by atoms with Gasteiger partial charge < -0.3 is 9.64 Å². The molecule has 0 spiro atoms. The fourth-order valence-electron chi connectivity index (χ4n) is 2.40. The summed E-state index contributed by atoms with van der Waals surface area (Å²) in [7, 11) is 0. The molecule has 2 aromatic rings. The van der Waals surface area contributed by atoms with Crippen molar-refractivity contribution in [3.8, 4) is 0 Å². The van der Waals surface area contributed by atoms with Crippen LogP contribution in [0.5, 0.6) is 0 Å². The molecule has 9 nitrogen and oxygen atoms in total. The first kappa shape index (κ1) is 19.2. The maximum atomic E-state index is 12.0. The van der Waals surface area contributed by atoms with E-state index in [1.54, 1.807) is 0 Å². The zero-order valence-corrected chi connectivity index (χ0v) is 15.7. The van der Waals surface area contributed by atoms with Crippen molar-refractivity contribution in [3.05, 3.63) is 50.0 Å². The quantitative estimate of drug-likeness (QED) is 0.445. The molecule has 3 rings (SSSR count). The van der Waals surface area contributed by atoms with Crippen molar-refractivity contribution in [2.45, 2.75) is 6.42 Å². The van der Waals surface area contributed by atoms with Gasteiger partial charge >= 0.3 is 0 Å². The van der Waals surface area contributed by atoms with E-state index in [0.29, 0.717) is 29.5 Å². The van der Waals surface area contributed by atoms with Gasteiger partial charge in [0.05, 0.1) is 36.5 Å². The van der Waals surface area contributed by atoms with Crippen LogP contribution in [0.4, 0.5) is 10.8 Å². The molecule has 1 aromatic heterocycles. The molecule has 27 heavy (non-hydrogen) atoms. The lowest BCUT2D eigenvalue weighted by molar-refractivity contribution is -0.384. The number of benzene rings is 1. The Morgan fingerprint density at radius 3 is 3.00 bits per heavy atom. The fourth-order valence-corrected chi connectivity index (χ4v) is 3.44. The third kappa shape index (κ3) is 5.22. The van der Waals surface area contributed by atoms with Crippen LogP contribution >= 0.6 is 22.9 Å². The predicted molar refractivity (Wildman–Crippen MR) is 103 cm³/mol. The van der Waals surface area contributed by atoms with Gasteiger partial charge in [0.25, 0.3) is 5.69 Å². The van der Waals surface area contributed by atoms with Crippen molar-refractivity contribution < 1.29 is 14.5 Å². The smallest absolute Gasteiger partial charge is 0.270 e. The van der Waals surface area contributed by atoms with Crippen LogP contribution < -0.4 is 10.3 Å². The second kappa shape index (κ2) is 8.89. The zero-order valence-electron chi connectivity index (χ0n) is 14.1. The first-order valence-corrected chi connectivity index (χ1v) is 9.31. The Labute approximate surface area is 163 Å². The Kier molecular flexibility index (Phi) is 6.32. The molecule has 1 aliphatic heterocycles. The molecule has 1 aliphatic rings. The van der Waals surface area contributed by atoms with Crippen molar-refractivity contribution in [2.75, 3.05) is 31.2 Å². The van der Waals surface area contributed by atoms with Crippen molar-refractivity contribution in [1.82, 2.24) is 10.4 Å². The van der Waals surface area contributed by atoms with Crippen LogP contribution in [0.25, 0.3) is 0 Å². The van der Waals surface area contributed by atoms with Gasteiger partial charge in [0, 0.05) is 41.2 Å². The minimum atomic E-state index is -0.527. The van der Waals surface area contributed by atoms with Crippen LogP contribution in [0.1, 0.15) is 11.3 Å². The van der Waals surface area contributed by atoms with Crippen LogP contribution in [0.15, 0.2) is 28.7 Å². The largest absolute Gasteiger partial charge is 0.378 e. The molecule has 142 valence electrons. The zero-order chi connectivity index (χ0) is 19.2. The Morgan fingerprint density at radius 2 is 2.26 bits per heavy atom. The third-order valence-electron chi connectivity index (χ3n) is 3.75. The molecule has 0 saturated carbocycles. The van der Waals surface area contributed by atoms with E-state index in [4.69, 9.17) is 16.3 Å². The minimum Gasteiger partial charge on any atom is -0.378 e. The average Bonchev–Trinajstić information content (AvgIpc) is 3.12. The third-order valence-corrected chi connectivity index (χ3v) is 5.04. The molecule has 1 amide bonds. The molecular formula is C16H16ClN5O4S. The van der Waals surface area contributed by atoms with Crippen molar-refractivity contribution in [1.29, 1.82) is 0 Å². The van der Waals surface area contributed by atoms with Crippen molar-refractivity contribution in [3.63, 3.8) is 0 Å². The summed E-state index contributed by atoms with van der Waals surface area (Å²) >= 11 is 7.46. The van der Waals surface area contributed by atoms with Gasteiger partial charge in [0.1, 0.15) is 0 Å². The maximum absolute atomic E-state index is 12.0. The van der Waals surface area contributed by atoms with Gasteiger partial charge in [-0.25, -0.2) is 10.4 Å². The van der Waals surface area contributed by atoms with E-state index in [1.165, 1.54) is 35.8 Å². The second-order valence-electron chi connectivity index (χ2n) is 5.65. The number of aromatic nitrogens is 1. The van der Waals surface area contributed by atoms with Gasteiger partial charge in [-0.1, -0.05) is 11.6 Å². The average molecular weight is 410 g/mol. The summed E-state index contributed by atoms with van der Waals surface area (Å²) in [5.41, 5.74) is 3.27. The monoisotopic (exact) mass is 409 g/mol. The molecule has 2 heterocycles. The molecule has 1 aromatic carbocycles. The molecule has 0 aliphatic carbocycles.